The number of likely N-dealkylation sites (tertiary alicyclic amines) is 1. The van der Waals surface area contributed by atoms with Gasteiger partial charge in [-0.15, -0.1) is 0 Å². The Morgan fingerprint density at radius 3 is 3.00 bits per heavy atom. The number of hydrogen-bond donors (Lipinski definition) is 1. The highest BCUT2D eigenvalue weighted by Crippen LogP contribution is 2.21. The van der Waals surface area contributed by atoms with Gasteiger partial charge in [-0.25, -0.2) is 0 Å². The zero-order valence-corrected chi connectivity index (χ0v) is 11.8. The number of pyridine rings is 1. The summed E-state index contributed by atoms with van der Waals surface area (Å²) in [6.07, 6.45) is 4.86. The van der Waals surface area contributed by atoms with E-state index in [9.17, 15) is 9.59 Å². The molecule has 0 radical (unpaired) electrons. The third-order valence-electron chi connectivity index (χ3n) is 3.35. The molecule has 2 heterocycles. The summed E-state index contributed by atoms with van der Waals surface area (Å²) in [4.78, 5) is 27.7. The maximum atomic E-state index is 12.3. The molecule has 0 saturated carbocycles. The summed E-state index contributed by atoms with van der Waals surface area (Å²) in [7, 11) is 0. The van der Waals surface area contributed by atoms with E-state index in [0.717, 1.165) is 31.3 Å². The number of carbonyl (C=O) groups excluding carboxylic acids is 1. The van der Waals surface area contributed by atoms with Crippen LogP contribution in [0.2, 0.25) is 0 Å². The fraction of sp³-hybridized carbons (Fsp3) is 0.538. The van der Waals surface area contributed by atoms with E-state index in [1.165, 1.54) is 18.7 Å². The van der Waals surface area contributed by atoms with Crippen molar-refractivity contribution >= 4 is 21.8 Å². The average molecular weight is 313 g/mol. The van der Waals surface area contributed by atoms with Crippen molar-refractivity contribution in [3.8, 4) is 0 Å². The number of rotatable bonds is 3. The molecular weight excluding hydrogens is 296 g/mol. The van der Waals surface area contributed by atoms with E-state index in [4.69, 9.17) is 0 Å². The molecule has 98 valence electrons. The van der Waals surface area contributed by atoms with Crippen molar-refractivity contribution in [2.45, 2.75) is 19.3 Å². The highest BCUT2D eigenvalue weighted by molar-refractivity contribution is 9.09. The molecule has 1 aliphatic heterocycles. The SMILES string of the molecule is O=C(c1ccc(=O)[nH]c1)N1CCCC(CCBr)C1. The number of H-pyrrole nitrogens is 1. The van der Waals surface area contributed by atoms with Crippen LogP contribution in [-0.2, 0) is 0 Å². The standard InChI is InChI=1S/C13H17BrN2O2/c14-6-5-10-2-1-7-16(9-10)13(18)11-3-4-12(17)15-8-11/h3-4,8,10H,1-2,5-7,9H2,(H,15,17). The Bertz CT molecular complexity index is 450. The summed E-state index contributed by atoms with van der Waals surface area (Å²) < 4.78 is 0. The van der Waals surface area contributed by atoms with Crippen LogP contribution in [0.5, 0.6) is 0 Å². The van der Waals surface area contributed by atoms with E-state index >= 15 is 0 Å². The Balaban J connectivity index is 2.04. The summed E-state index contributed by atoms with van der Waals surface area (Å²) >= 11 is 3.45. The molecule has 1 aromatic rings. The first-order valence-corrected chi connectivity index (χ1v) is 7.37. The maximum Gasteiger partial charge on any atom is 0.255 e. The first kappa shape index (κ1) is 13.3. The van der Waals surface area contributed by atoms with Gasteiger partial charge in [-0.1, -0.05) is 15.9 Å². The smallest absolute Gasteiger partial charge is 0.255 e. The number of aromatic amines is 1. The Morgan fingerprint density at radius 2 is 2.33 bits per heavy atom. The molecule has 1 amide bonds. The third-order valence-corrected chi connectivity index (χ3v) is 3.81. The van der Waals surface area contributed by atoms with Crippen molar-refractivity contribution in [3.05, 3.63) is 34.2 Å². The Kier molecular flexibility index (Phi) is 4.58. The van der Waals surface area contributed by atoms with Crippen LogP contribution in [0.4, 0.5) is 0 Å². The Labute approximate surface area is 115 Å². The minimum absolute atomic E-state index is 0.0190. The summed E-state index contributed by atoms with van der Waals surface area (Å²) in [5.74, 6) is 0.607. The average Bonchev–Trinajstić information content (AvgIpc) is 2.39. The van der Waals surface area contributed by atoms with Crippen LogP contribution in [0, 0.1) is 5.92 Å². The first-order chi connectivity index (χ1) is 8.70. The molecule has 1 saturated heterocycles. The minimum atomic E-state index is -0.178. The molecule has 1 aromatic heterocycles. The fourth-order valence-corrected chi connectivity index (χ4v) is 3.01. The lowest BCUT2D eigenvalue weighted by Gasteiger charge is -2.32. The van der Waals surface area contributed by atoms with Crippen LogP contribution in [0.15, 0.2) is 23.1 Å². The molecule has 1 atom stereocenters. The van der Waals surface area contributed by atoms with Crippen molar-refractivity contribution in [2.75, 3.05) is 18.4 Å². The second kappa shape index (κ2) is 6.18. The minimum Gasteiger partial charge on any atom is -0.338 e. The van der Waals surface area contributed by atoms with Gasteiger partial charge < -0.3 is 9.88 Å². The molecule has 1 N–H and O–H groups in total. The molecule has 1 unspecified atom stereocenters. The molecule has 4 nitrogen and oxygen atoms in total. The normalized spacial score (nSPS) is 19.8. The number of aromatic nitrogens is 1. The van der Waals surface area contributed by atoms with Crippen LogP contribution in [-0.4, -0.2) is 34.2 Å². The van der Waals surface area contributed by atoms with Gasteiger partial charge in [0.25, 0.3) is 5.91 Å². The van der Waals surface area contributed by atoms with Gasteiger partial charge in [-0.2, -0.15) is 0 Å². The van der Waals surface area contributed by atoms with Gasteiger partial charge in [0, 0.05) is 30.7 Å². The van der Waals surface area contributed by atoms with Gasteiger partial charge in [-0.05, 0) is 31.2 Å². The van der Waals surface area contributed by atoms with Crippen LogP contribution in [0.1, 0.15) is 29.6 Å². The molecule has 18 heavy (non-hydrogen) atoms. The van der Waals surface area contributed by atoms with Gasteiger partial charge in [0.1, 0.15) is 0 Å². The van der Waals surface area contributed by atoms with Crippen LogP contribution >= 0.6 is 15.9 Å². The van der Waals surface area contributed by atoms with E-state index in [2.05, 4.69) is 20.9 Å². The summed E-state index contributed by atoms with van der Waals surface area (Å²) in [5.41, 5.74) is 0.386. The van der Waals surface area contributed by atoms with Crippen molar-refractivity contribution in [2.24, 2.45) is 5.92 Å². The van der Waals surface area contributed by atoms with Crippen molar-refractivity contribution in [1.82, 2.24) is 9.88 Å². The topological polar surface area (TPSA) is 53.2 Å². The third kappa shape index (κ3) is 3.22. The second-order valence-electron chi connectivity index (χ2n) is 4.68. The highest BCUT2D eigenvalue weighted by atomic mass is 79.9. The molecule has 1 aliphatic rings. The van der Waals surface area contributed by atoms with E-state index in [1.54, 1.807) is 6.07 Å². The predicted molar refractivity (Wildman–Crippen MR) is 74.1 cm³/mol. The van der Waals surface area contributed by atoms with E-state index in [1.807, 2.05) is 4.90 Å². The summed E-state index contributed by atoms with van der Waals surface area (Å²) in [5, 5.41) is 0.984. The van der Waals surface area contributed by atoms with Crippen LogP contribution in [0.25, 0.3) is 0 Å². The fourth-order valence-electron chi connectivity index (χ4n) is 2.37. The zero-order chi connectivity index (χ0) is 13.0. The second-order valence-corrected chi connectivity index (χ2v) is 5.47. The zero-order valence-electron chi connectivity index (χ0n) is 10.2. The van der Waals surface area contributed by atoms with Crippen molar-refractivity contribution < 1.29 is 4.79 Å². The number of alkyl halides is 1. The number of carbonyl (C=O) groups is 1. The first-order valence-electron chi connectivity index (χ1n) is 6.24. The molecule has 0 aromatic carbocycles. The molecule has 1 fully saturated rings. The van der Waals surface area contributed by atoms with E-state index < -0.39 is 0 Å². The summed E-state index contributed by atoms with van der Waals surface area (Å²) in [6.45, 7) is 1.64. The van der Waals surface area contributed by atoms with E-state index in [0.29, 0.717) is 11.5 Å². The lowest BCUT2D eigenvalue weighted by molar-refractivity contribution is 0.0671. The lowest BCUT2D eigenvalue weighted by Crippen LogP contribution is -2.40. The predicted octanol–water partition coefficient (Wildman–Crippen LogP) is 2.01. The van der Waals surface area contributed by atoms with Crippen LogP contribution < -0.4 is 5.56 Å². The van der Waals surface area contributed by atoms with Gasteiger partial charge in [0.05, 0.1) is 5.56 Å². The van der Waals surface area contributed by atoms with E-state index in [-0.39, 0.29) is 11.5 Å². The number of amides is 1. The van der Waals surface area contributed by atoms with Crippen molar-refractivity contribution in [3.63, 3.8) is 0 Å². The number of nitrogens with one attached hydrogen (secondary N) is 1. The molecule has 0 aliphatic carbocycles. The largest absolute Gasteiger partial charge is 0.338 e. The summed E-state index contributed by atoms with van der Waals surface area (Å²) in [6, 6.07) is 2.99. The van der Waals surface area contributed by atoms with Gasteiger partial charge in [0.2, 0.25) is 5.56 Å². The van der Waals surface area contributed by atoms with Gasteiger partial charge >= 0.3 is 0 Å². The van der Waals surface area contributed by atoms with Crippen molar-refractivity contribution in [1.29, 1.82) is 0 Å². The molecule has 0 bridgehead atoms. The monoisotopic (exact) mass is 312 g/mol. The number of hydrogen-bond acceptors (Lipinski definition) is 2. The molecule has 5 heteroatoms. The van der Waals surface area contributed by atoms with Gasteiger partial charge in [0.15, 0.2) is 0 Å². The quantitative estimate of drug-likeness (QED) is 0.868. The number of piperidine rings is 1. The lowest BCUT2D eigenvalue weighted by atomic mass is 9.95. The molecule has 2 rings (SSSR count). The molecular formula is C13H17BrN2O2. The number of halogens is 1. The Morgan fingerprint density at radius 1 is 1.50 bits per heavy atom. The van der Waals surface area contributed by atoms with Crippen LogP contribution in [0.3, 0.4) is 0 Å². The number of nitrogens with zero attached hydrogens (tertiary/aromatic N) is 1. The Hall–Kier alpha value is -1.10. The van der Waals surface area contributed by atoms with Gasteiger partial charge in [-0.3, -0.25) is 9.59 Å². The maximum absolute atomic E-state index is 12.3. The highest BCUT2D eigenvalue weighted by Gasteiger charge is 2.23. The molecule has 0 spiro atoms.